The van der Waals surface area contributed by atoms with Crippen LogP contribution in [0.2, 0.25) is 0 Å². The molecule has 0 aliphatic carbocycles. The van der Waals surface area contributed by atoms with E-state index < -0.39 is 0 Å². The highest BCUT2D eigenvalue weighted by atomic mass is 15.1. The third-order valence-corrected chi connectivity index (χ3v) is 3.25. The smallest absolute Gasteiger partial charge is 0.0879 e. The van der Waals surface area contributed by atoms with Crippen molar-refractivity contribution in [2.75, 3.05) is 0 Å². The Morgan fingerprint density at radius 3 is 2.75 bits per heavy atom. The molecule has 0 aliphatic heterocycles. The van der Waals surface area contributed by atoms with Crippen LogP contribution >= 0.6 is 0 Å². The van der Waals surface area contributed by atoms with E-state index in [0.29, 0.717) is 0 Å². The summed E-state index contributed by atoms with van der Waals surface area (Å²) in [5, 5.41) is 7.14. The number of aromatic amines is 1. The van der Waals surface area contributed by atoms with Gasteiger partial charge in [-0.1, -0.05) is 53.0 Å². The van der Waals surface area contributed by atoms with Gasteiger partial charge in [-0.3, -0.25) is 5.10 Å². The molecule has 0 radical (unpaired) electrons. The zero-order valence-corrected chi connectivity index (χ0v) is 10.8. The van der Waals surface area contributed by atoms with Gasteiger partial charge in [0.2, 0.25) is 0 Å². The van der Waals surface area contributed by atoms with Gasteiger partial charge < -0.3 is 0 Å². The second-order valence-electron chi connectivity index (χ2n) is 5.08. The molecule has 1 aromatic rings. The van der Waals surface area contributed by atoms with Crippen molar-refractivity contribution in [1.82, 2.24) is 10.2 Å². The van der Waals surface area contributed by atoms with Crippen molar-refractivity contribution in [3.8, 4) is 0 Å². The van der Waals surface area contributed by atoms with Gasteiger partial charge in [-0.2, -0.15) is 5.10 Å². The van der Waals surface area contributed by atoms with Gasteiger partial charge >= 0.3 is 0 Å². The third-order valence-electron chi connectivity index (χ3n) is 3.25. The van der Waals surface area contributed by atoms with Crippen LogP contribution in [-0.4, -0.2) is 10.2 Å². The Bertz CT molecular complexity index is 323. The fourth-order valence-electron chi connectivity index (χ4n) is 2.13. The van der Waals surface area contributed by atoms with Gasteiger partial charge in [-0.05, 0) is 17.9 Å². The molecule has 0 bridgehead atoms. The van der Waals surface area contributed by atoms with Crippen molar-refractivity contribution >= 4 is 6.08 Å². The van der Waals surface area contributed by atoms with E-state index in [2.05, 4.69) is 37.5 Å². The second kappa shape index (κ2) is 5.88. The van der Waals surface area contributed by atoms with Gasteiger partial charge in [-0.25, -0.2) is 0 Å². The normalized spacial score (nSPS) is 11.7. The summed E-state index contributed by atoms with van der Waals surface area (Å²) >= 11 is 0. The van der Waals surface area contributed by atoms with E-state index >= 15 is 0 Å². The van der Waals surface area contributed by atoms with Crippen molar-refractivity contribution in [3.05, 3.63) is 24.0 Å². The fraction of sp³-hybridized carbons (Fsp3) is 0.643. The Labute approximate surface area is 99.2 Å². The van der Waals surface area contributed by atoms with Gasteiger partial charge in [0.05, 0.1) is 5.69 Å². The summed E-state index contributed by atoms with van der Waals surface area (Å²) in [7, 11) is 0. The van der Waals surface area contributed by atoms with E-state index in [1.165, 1.54) is 37.7 Å². The lowest BCUT2D eigenvalue weighted by Gasteiger charge is -2.24. The van der Waals surface area contributed by atoms with Crippen LogP contribution in [0.5, 0.6) is 0 Å². The predicted molar refractivity (Wildman–Crippen MR) is 70.5 cm³/mol. The van der Waals surface area contributed by atoms with Crippen molar-refractivity contribution in [3.63, 3.8) is 0 Å². The number of unbranched alkanes of at least 4 members (excludes halogenated alkanes) is 3. The molecule has 16 heavy (non-hydrogen) atoms. The molecule has 0 fully saturated rings. The Morgan fingerprint density at radius 2 is 2.12 bits per heavy atom. The minimum Gasteiger partial charge on any atom is -0.285 e. The van der Waals surface area contributed by atoms with E-state index in [1.54, 1.807) is 0 Å². The summed E-state index contributed by atoms with van der Waals surface area (Å²) in [6, 6.07) is 0. The minimum absolute atomic E-state index is 0.199. The van der Waals surface area contributed by atoms with Gasteiger partial charge in [0.25, 0.3) is 0 Å². The van der Waals surface area contributed by atoms with Crippen LogP contribution in [0.1, 0.15) is 64.1 Å². The summed E-state index contributed by atoms with van der Waals surface area (Å²) in [5.41, 5.74) is 2.49. The number of aromatic nitrogens is 2. The van der Waals surface area contributed by atoms with Crippen LogP contribution in [0.25, 0.3) is 6.08 Å². The van der Waals surface area contributed by atoms with Crippen LogP contribution in [0, 0.1) is 0 Å². The number of hydrogen-bond acceptors (Lipinski definition) is 1. The van der Waals surface area contributed by atoms with Crippen LogP contribution < -0.4 is 0 Å². The molecule has 90 valence electrons. The molecule has 0 amide bonds. The van der Waals surface area contributed by atoms with Gasteiger partial charge in [0.1, 0.15) is 0 Å². The minimum atomic E-state index is 0.199. The summed E-state index contributed by atoms with van der Waals surface area (Å²) in [6.07, 6.45) is 10.3. The monoisotopic (exact) mass is 220 g/mol. The molecule has 0 spiro atoms. The number of rotatable bonds is 7. The molecule has 1 N–H and O–H groups in total. The van der Waals surface area contributed by atoms with Crippen LogP contribution in [0.4, 0.5) is 0 Å². The van der Waals surface area contributed by atoms with Crippen LogP contribution in [0.3, 0.4) is 0 Å². The first kappa shape index (κ1) is 13.0. The average Bonchev–Trinajstić information content (AvgIpc) is 2.73. The van der Waals surface area contributed by atoms with Crippen LogP contribution in [0.15, 0.2) is 12.8 Å². The van der Waals surface area contributed by atoms with Crippen molar-refractivity contribution in [2.45, 2.75) is 58.3 Å². The zero-order chi connectivity index (χ0) is 12.0. The summed E-state index contributed by atoms with van der Waals surface area (Å²) in [4.78, 5) is 0. The Kier molecular flexibility index (Phi) is 4.78. The molecule has 0 unspecified atom stereocenters. The Morgan fingerprint density at radius 1 is 1.38 bits per heavy atom. The van der Waals surface area contributed by atoms with E-state index in [4.69, 9.17) is 0 Å². The van der Waals surface area contributed by atoms with E-state index in [-0.39, 0.29) is 5.41 Å². The first-order valence-corrected chi connectivity index (χ1v) is 6.28. The van der Waals surface area contributed by atoms with Crippen molar-refractivity contribution in [1.29, 1.82) is 0 Å². The number of H-pyrrole nitrogens is 1. The Balaban J connectivity index is 2.59. The van der Waals surface area contributed by atoms with Crippen molar-refractivity contribution in [2.24, 2.45) is 0 Å². The molecule has 0 saturated heterocycles. The standard InChI is InChI=1S/C14H24N2/c1-5-7-8-9-10-14(3,4)12-11-15-16-13(12)6-2/h6,11H,2,5,7-10H2,1,3-4H3,(H,15,16). The quantitative estimate of drug-likeness (QED) is 0.682. The maximum absolute atomic E-state index is 4.20. The van der Waals surface area contributed by atoms with Crippen LogP contribution in [-0.2, 0) is 5.41 Å². The van der Waals surface area contributed by atoms with E-state index in [9.17, 15) is 0 Å². The average molecular weight is 220 g/mol. The molecular formula is C14H24N2. The lowest BCUT2D eigenvalue weighted by Crippen LogP contribution is -2.17. The molecule has 2 heteroatoms. The first-order chi connectivity index (χ1) is 7.61. The lowest BCUT2D eigenvalue weighted by molar-refractivity contribution is 0.446. The summed E-state index contributed by atoms with van der Waals surface area (Å²) < 4.78 is 0. The first-order valence-electron chi connectivity index (χ1n) is 6.28. The molecule has 0 saturated carbocycles. The topological polar surface area (TPSA) is 28.7 Å². The largest absolute Gasteiger partial charge is 0.285 e. The van der Waals surface area contributed by atoms with Gasteiger partial charge in [0, 0.05) is 11.8 Å². The predicted octanol–water partition coefficient (Wildman–Crippen LogP) is 4.30. The highest BCUT2D eigenvalue weighted by molar-refractivity contribution is 5.48. The molecule has 1 heterocycles. The molecule has 1 aromatic heterocycles. The maximum atomic E-state index is 4.20. The SMILES string of the molecule is C=Cc1n[nH]cc1C(C)(C)CCCCCC. The maximum Gasteiger partial charge on any atom is 0.0879 e. The van der Waals surface area contributed by atoms with Crippen molar-refractivity contribution < 1.29 is 0 Å². The molecule has 0 aliphatic rings. The molecule has 0 aromatic carbocycles. The van der Waals surface area contributed by atoms with Gasteiger partial charge in [0.15, 0.2) is 0 Å². The highest BCUT2D eigenvalue weighted by Gasteiger charge is 2.23. The second-order valence-corrected chi connectivity index (χ2v) is 5.08. The zero-order valence-electron chi connectivity index (χ0n) is 10.8. The number of hydrogen-bond donors (Lipinski definition) is 1. The van der Waals surface area contributed by atoms with E-state index in [0.717, 1.165) is 5.69 Å². The highest BCUT2D eigenvalue weighted by Crippen LogP contribution is 2.31. The van der Waals surface area contributed by atoms with E-state index in [1.807, 2.05) is 12.3 Å². The lowest BCUT2D eigenvalue weighted by atomic mass is 9.80. The van der Waals surface area contributed by atoms with Gasteiger partial charge in [-0.15, -0.1) is 0 Å². The molecular weight excluding hydrogens is 196 g/mol. The number of nitrogens with one attached hydrogen (secondary N) is 1. The summed E-state index contributed by atoms with van der Waals surface area (Å²) in [5.74, 6) is 0. The molecule has 2 nitrogen and oxygen atoms in total. The number of nitrogens with zero attached hydrogens (tertiary/aromatic N) is 1. The Hall–Kier alpha value is -1.05. The third kappa shape index (κ3) is 3.22. The molecule has 0 atom stereocenters. The molecule has 1 rings (SSSR count). The summed E-state index contributed by atoms with van der Waals surface area (Å²) in [6.45, 7) is 10.6. The fourth-order valence-corrected chi connectivity index (χ4v) is 2.13.